The normalized spacial score (nSPS) is 13.1. The van der Waals surface area contributed by atoms with Crippen LogP contribution in [0, 0.1) is 0 Å². The van der Waals surface area contributed by atoms with Gasteiger partial charge in [-0.25, -0.2) is 4.98 Å². The number of rotatable bonds is 25. The average Bonchev–Trinajstić information content (AvgIpc) is 0.711. The molecule has 0 aliphatic rings. The van der Waals surface area contributed by atoms with Crippen LogP contribution in [0.4, 0.5) is 105 Å². The minimum atomic E-state index is -6.13. The van der Waals surface area contributed by atoms with E-state index in [-0.39, 0.29) is 12.3 Å². The average molecular weight is 1330 g/mol. The lowest BCUT2D eigenvalue weighted by molar-refractivity contribution is -0.689. The van der Waals surface area contributed by atoms with E-state index in [2.05, 4.69) is 11.9 Å². The maximum absolute atomic E-state index is 14.2. The first-order chi connectivity index (χ1) is 42.1. The second-order valence-electron chi connectivity index (χ2n) is 21.7. The highest BCUT2D eigenvalue weighted by atomic mass is 19.4. The van der Waals surface area contributed by atoms with E-state index in [1.54, 1.807) is 12.4 Å². The van der Waals surface area contributed by atoms with E-state index in [1.807, 2.05) is 41.1 Å². The Balaban J connectivity index is 0.000000377. The van der Waals surface area contributed by atoms with E-state index in [0.29, 0.717) is 12.5 Å². The van der Waals surface area contributed by atoms with Gasteiger partial charge in [0.25, 0.3) is 0 Å². The zero-order valence-electron chi connectivity index (χ0n) is 48.1. The molecule has 0 aliphatic heterocycles. The Morgan fingerprint density at radius 2 is 0.648 bits per heavy atom. The zero-order valence-corrected chi connectivity index (χ0v) is 48.1. The predicted octanol–water partition coefficient (Wildman–Crippen LogP) is 19.1. The number of alkyl halides is 24. The Labute approximate surface area is 506 Å². The largest absolute Gasteiger partial charge is 0.443 e. The quantitative estimate of drug-likeness (QED) is 0.0189. The first kappa shape index (κ1) is 74.8. The summed E-state index contributed by atoms with van der Waals surface area (Å²) in [5, 5.41) is 0. The Bertz CT molecular complexity index is 2870. The molecule has 500 valence electrons. The summed E-state index contributed by atoms with van der Waals surface area (Å²) >= 11 is 0. The number of ketones is 1. The minimum Gasteiger partial charge on any atom is -0.443 e. The van der Waals surface area contributed by atoms with Gasteiger partial charge in [0.05, 0.1) is 57.3 Å². The van der Waals surface area contributed by atoms with Crippen LogP contribution < -0.4 is 31.2 Å². The Kier molecular flexibility index (Phi) is 25.2. The lowest BCUT2D eigenvalue weighted by Gasteiger charge is -2.46. The van der Waals surface area contributed by atoms with Crippen molar-refractivity contribution in [3.63, 3.8) is 0 Å². The number of unbranched alkanes of at least 4 members (excludes halogenated alkanes) is 15. The minimum absolute atomic E-state index is 0.0732. The number of halogens is 24. The smallest absolute Gasteiger partial charge is 0.416 e. The third kappa shape index (κ3) is 21.6. The topological polar surface area (TPSA) is 43.1 Å². The van der Waals surface area contributed by atoms with Crippen LogP contribution in [0.2, 0.25) is 0 Å². The van der Waals surface area contributed by atoms with E-state index in [9.17, 15) is 110 Å². The summed E-state index contributed by atoms with van der Waals surface area (Å²) in [5.74, 6) is 0.733. The molecule has 0 saturated heterocycles. The summed E-state index contributed by atoms with van der Waals surface area (Å²) in [4.78, 5) is 16.7. The number of hydrogen-bond donors (Lipinski definition) is 0. The van der Waals surface area contributed by atoms with Gasteiger partial charge in [-0.05, 0) is 30.7 Å². The Hall–Kier alpha value is -6.97. The standard InChI is InChI=1S/C32H12BF24.C30H47N2O2/c34-25(35,36)13-1-14(26(37,38)39)6-21(5-13)33(22-7-15(27(40,41)42)2-16(8-22)28(43,44)45,23-9-17(29(46,47)48)3-18(10-23)30(49,50)51)24-11-19(31(52,53)54)4-20(12-24)32(55,56)57;1-2-3-4-5-6-7-8-9-10-11-12-13-14-15-16-20-25-34-30-26-31-23-24-32(30)27-29(33)28-21-18-17-19-22-28/h1-12H;17-19,21-24,26H,2-16,20,25,27H2,1H3/q-1;+1. The molecule has 0 bridgehead atoms. The molecule has 4 nitrogen and oxygen atoms in total. The highest BCUT2D eigenvalue weighted by molar-refractivity contribution is 7.20. The van der Waals surface area contributed by atoms with Gasteiger partial charge in [-0.2, -0.15) is 132 Å². The van der Waals surface area contributed by atoms with E-state index < -0.39 is 195 Å². The third-order valence-electron chi connectivity index (χ3n) is 14.9. The van der Waals surface area contributed by atoms with Crippen molar-refractivity contribution in [3.8, 4) is 5.88 Å². The summed E-state index contributed by atoms with van der Waals surface area (Å²) in [5.41, 5.74) is -29.5. The van der Waals surface area contributed by atoms with Crippen LogP contribution in [0.25, 0.3) is 0 Å². The van der Waals surface area contributed by atoms with Crippen molar-refractivity contribution in [2.75, 3.05) is 6.61 Å². The number of hydrogen-bond acceptors (Lipinski definition) is 3. The van der Waals surface area contributed by atoms with Crippen molar-refractivity contribution in [1.29, 1.82) is 0 Å². The van der Waals surface area contributed by atoms with E-state index in [1.165, 1.54) is 96.3 Å². The molecule has 1 heterocycles. The number of ether oxygens (including phenoxy) is 1. The monoisotopic (exact) mass is 1330 g/mol. The first-order valence-corrected chi connectivity index (χ1v) is 28.5. The number of carbonyl (C=O) groups excluding carboxylic acids is 1. The molecule has 0 spiro atoms. The molecular weight excluding hydrogens is 1270 g/mol. The molecule has 6 aromatic rings. The number of aromatic nitrogens is 2. The summed E-state index contributed by atoms with van der Waals surface area (Å²) in [6.07, 6.45) is -27.8. The molecule has 0 saturated carbocycles. The van der Waals surface area contributed by atoms with Gasteiger partial charge in [-0.1, -0.05) is 182 Å². The van der Waals surface area contributed by atoms with Crippen LogP contribution in [-0.4, -0.2) is 23.5 Å². The van der Waals surface area contributed by atoms with Crippen LogP contribution >= 0.6 is 0 Å². The van der Waals surface area contributed by atoms with Crippen molar-refractivity contribution in [3.05, 3.63) is 172 Å². The summed E-state index contributed by atoms with van der Waals surface area (Å²) in [6, 6.07) is 0.582. The molecule has 0 fully saturated rings. The number of benzene rings is 5. The van der Waals surface area contributed by atoms with Gasteiger partial charge in [-0.15, -0.1) is 0 Å². The molecule has 0 amide bonds. The summed E-state index contributed by atoms with van der Waals surface area (Å²) in [6.45, 7) is 3.22. The van der Waals surface area contributed by atoms with Gasteiger partial charge in [0.15, 0.2) is 6.20 Å². The number of nitrogens with zero attached hydrogens (tertiary/aromatic N) is 2. The fourth-order valence-electron chi connectivity index (χ4n) is 10.4. The lowest BCUT2D eigenvalue weighted by Crippen LogP contribution is -2.75. The highest BCUT2D eigenvalue weighted by Crippen LogP contribution is 2.42. The molecule has 6 rings (SSSR count). The van der Waals surface area contributed by atoms with Crippen molar-refractivity contribution in [1.82, 2.24) is 4.98 Å². The van der Waals surface area contributed by atoms with Crippen molar-refractivity contribution >= 4 is 33.8 Å². The molecule has 5 aromatic carbocycles. The van der Waals surface area contributed by atoms with Crippen LogP contribution in [0.15, 0.2) is 122 Å². The van der Waals surface area contributed by atoms with Crippen LogP contribution in [0.5, 0.6) is 5.88 Å². The molecule has 29 heteroatoms. The Morgan fingerprint density at radius 3 is 0.912 bits per heavy atom. The molecule has 1 aromatic heterocycles. The van der Waals surface area contributed by atoms with Gasteiger partial charge >= 0.3 is 55.3 Å². The highest BCUT2D eigenvalue weighted by Gasteiger charge is 2.47. The maximum atomic E-state index is 14.2. The zero-order chi connectivity index (χ0) is 68.0. The van der Waals surface area contributed by atoms with Gasteiger partial charge in [0, 0.05) is 5.56 Å². The van der Waals surface area contributed by atoms with E-state index in [0.717, 1.165) is 12.0 Å². The van der Waals surface area contributed by atoms with Gasteiger partial charge in [0.1, 0.15) is 12.3 Å². The Morgan fingerprint density at radius 1 is 0.385 bits per heavy atom. The third-order valence-corrected chi connectivity index (χ3v) is 14.9. The molecule has 0 N–H and O–H groups in total. The molecule has 0 radical (unpaired) electrons. The van der Waals surface area contributed by atoms with Gasteiger partial charge < -0.3 is 4.74 Å². The van der Waals surface area contributed by atoms with Gasteiger partial charge in [0.2, 0.25) is 12.3 Å². The molecule has 0 unspecified atom stereocenters. The fraction of sp³-hybridized carbons (Fsp3) is 0.435. The number of carbonyl (C=O) groups is 1. The first-order valence-electron chi connectivity index (χ1n) is 28.5. The van der Waals surface area contributed by atoms with Crippen molar-refractivity contribution in [2.24, 2.45) is 0 Å². The van der Waals surface area contributed by atoms with Crippen LogP contribution in [0.3, 0.4) is 0 Å². The second-order valence-corrected chi connectivity index (χ2v) is 21.7. The summed E-state index contributed by atoms with van der Waals surface area (Å²) < 4.78 is 349. The van der Waals surface area contributed by atoms with Crippen molar-refractivity contribution < 1.29 is 119 Å². The molecular formula is C62H59BF24N2O2. The second kappa shape index (κ2) is 30.6. The van der Waals surface area contributed by atoms with E-state index in [4.69, 9.17) is 4.74 Å². The maximum Gasteiger partial charge on any atom is 0.416 e. The van der Waals surface area contributed by atoms with E-state index >= 15 is 0 Å². The number of Topliss-reactive ketones (excluding diaryl/α,β-unsaturated/α-hetero) is 1. The predicted molar refractivity (Wildman–Crippen MR) is 290 cm³/mol. The van der Waals surface area contributed by atoms with Crippen LogP contribution in [-0.2, 0) is 56.0 Å². The van der Waals surface area contributed by atoms with Gasteiger partial charge in [-0.3, -0.25) is 4.79 Å². The molecule has 91 heavy (non-hydrogen) atoms. The summed E-state index contributed by atoms with van der Waals surface area (Å²) in [7, 11) is 0. The molecule has 0 atom stereocenters. The SMILES string of the molecule is CCCCCCCCCCCCCCCCCCOc1cncc[n+]1CC(=O)c1ccccc1.FC(F)(F)c1cc([B-](c2cc(C(F)(F)F)cc(C(F)(F)F)c2)(c2cc(C(F)(F)F)cc(C(F)(F)F)c2)c2cc(C(F)(F)F)cc(C(F)(F)F)c2)cc(C(F)(F)F)c1. The van der Waals surface area contributed by atoms with Crippen LogP contribution in [0.1, 0.15) is 165 Å². The van der Waals surface area contributed by atoms with Crippen molar-refractivity contribution in [2.45, 2.75) is 166 Å². The lowest BCUT2D eigenvalue weighted by atomic mass is 9.12. The fourth-order valence-corrected chi connectivity index (χ4v) is 10.4. The molecule has 0 aliphatic carbocycles.